The van der Waals surface area contributed by atoms with Gasteiger partial charge in [-0.3, -0.25) is 4.79 Å². The lowest BCUT2D eigenvalue weighted by molar-refractivity contribution is 0.101. The second-order valence-electron chi connectivity index (χ2n) is 4.76. The molecule has 0 radical (unpaired) electrons. The molecule has 0 saturated heterocycles. The van der Waals surface area contributed by atoms with Gasteiger partial charge in [-0.15, -0.1) is 0 Å². The van der Waals surface area contributed by atoms with Crippen molar-refractivity contribution in [2.24, 2.45) is 11.6 Å². The van der Waals surface area contributed by atoms with E-state index in [1.54, 1.807) is 18.2 Å². The molecule has 0 saturated carbocycles. The fraction of sp³-hybridized carbons (Fsp3) is 0.0588. The van der Waals surface area contributed by atoms with Crippen molar-refractivity contribution in [2.75, 3.05) is 0 Å². The number of carbonyl (C=O) groups is 1. The first-order valence-corrected chi connectivity index (χ1v) is 6.65. The van der Waals surface area contributed by atoms with Gasteiger partial charge in [0.1, 0.15) is 6.07 Å². The van der Waals surface area contributed by atoms with Crippen LogP contribution in [0, 0.1) is 11.3 Å². The van der Waals surface area contributed by atoms with E-state index in [1.165, 1.54) is 6.92 Å². The molecule has 5 nitrogen and oxygen atoms in total. The van der Waals surface area contributed by atoms with E-state index in [9.17, 15) is 4.79 Å². The number of nitriles is 1. The van der Waals surface area contributed by atoms with Crippen LogP contribution in [0.2, 0.25) is 0 Å². The zero-order valence-electron chi connectivity index (χ0n) is 12.1. The van der Waals surface area contributed by atoms with Crippen molar-refractivity contribution in [3.05, 3.63) is 65.4 Å². The lowest BCUT2D eigenvalue weighted by Gasteiger charge is -2.08. The summed E-state index contributed by atoms with van der Waals surface area (Å²) in [5.41, 5.74) is 11.8. The number of hydrogen-bond donors (Lipinski definition) is 3. The quantitative estimate of drug-likeness (QED) is 0.346. The number of benzene rings is 2. The van der Waals surface area contributed by atoms with Gasteiger partial charge in [-0.25, -0.2) is 5.84 Å². The van der Waals surface area contributed by atoms with E-state index >= 15 is 0 Å². The van der Waals surface area contributed by atoms with E-state index in [-0.39, 0.29) is 17.2 Å². The van der Waals surface area contributed by atoms with Gasteiger partial charge in [0.15, 0.2) is 11.5 Å². The van der Waals surface area contributed by atoms with Crippen LogP contribution in [0.5, 0.6) is 0 Å². The first-order valence-electron chi connectivity index (χ1n) is 6.65. The second-order valence-corrected chi connectivity index (χ2v) is 4.76. The Morgan fingerprint density at radius 3 is 2.32 bits per heavy atom. The largest absolute Gasteiger partial charge is 0.396 e. The molecule has 0 amide bonds. The molecule has 22 heavy (non-hydrogen) atoms. The molecular formula is C17H16N4O. The third kappa shape index (κ3) is 3.14. The first kappa shape index (κ1) is 15.3. The molecule has 0 fully saturated rings. The van der Waals surface area contributed by atoms with Gasteiger partial charge < -0.3 is 11.2 Å². The molecule has 2 aromatic carbocycles. The molecule has 0 spiro atoms. The summed E-state index contributed by atoms with van der Waals surface area (Å²) >= 11 is 0. The molecule has 5 N–H and O–H groups in total. The molecular weight excluding hydrogens is 276 g/mol. The van der Waals surface area contributed by atoms with Crippen molar-refractivity contribution in [3.8, 4) is 17.2 Å². The number of nitrogens with zero attached hydrogens (tertiary/aromatic N) is 1. The van der Waals surface area contributed by atoms with Crippen molar-refractivity contribution in [1.82, 2.24) is 5.43 Å². The molecule has 0 heterocycles. The van der Waals surface area contributed by atoms with Crippen molar-refractivity contribution < 1.29 is 4.79 Å². The Bertz CT molecular complexity index is 770. The van der Waals surface area contributed by atoms with Gasteiger partial charge in [0.2, 0.25) is 0 Å². The minimum atomic E-state index is 0.0262. The predicted molar refractivity (Wildman–Crippen MR) is 85.9 cm³/mol. The molecule has 0 unspecified atom stereocenters. The fourth-order valence-corrected chi connectivity index (χ4v) is 2.07. The van der Waals surface area contributed by atoms with Crippen molar-refractivity contribution >= 4 is 11.5 Å². The van der Waals surface area contributed by atoms with E-state index in [0.29, 0.717) is 11.1 Å². The monoisotopic (exact) mass is 292 g/mol. The smallest absolute Gasteiger partial charge is 0.159 e. The summed E-state index contributed by atoms with van der Waals surface area (Å²) in [5.74, 6) is 5.27. The predicted octanol–water partition coefficient (Wildman–Crippen LogP) is 2.17. The summed E-state index contributed by atoms with van der Waals surface area (Å²) in [7, 11) is 0. The number of hydrazine groups is 1. The Labute approximate surface area is 128 Å². The Morgan fingerprint density at radius 1 is 1.09 bits per heavy atom. The number of hydrogen-bond acceptors (Lipinski definition) is 5. The summed E-state index contributed by atoms with van der Waals surface area (Å²) in [6.07, 6.45) is 0. The van der Waals surface area contributed by atoms with Crippen molar-refractivity contribution in [2.45, 2.75) is 6.92 Å². The molecule has 0 aliphatic carbocycles. The average molecular weight is 292 g/mol. The van der Waals surface area contributed by atoms with E-state index in [0.717, 1.165) is 11.1 Å². The van der Waals surface area contributed by atoms with Crippen LogP contribution >= 0.6 is 0 Å². The second kappa shape index (κ2) is 6.57. The molecule has 0 bridgehead atoms. The normalized spacial score (nSPS) is 11.3. The molecule has 5 heteroatoms. The molecule has 0 aliphatic heterocycles. The summed E-state index contributed by atoms with van der Waals surface area (Å²) in [6.45, 7) is 1.54. The van der Waals surface area contributed by atoms with Gasteiger partial charge in [0, 0.05) is 11.1 Å². The highest BCUT2D eigenvalue weighted by atomic mass is 16.1. The highest BCUT2D eigenvalue weighted by molar-refractivity contribution is 5.95. The highest BCUT2D eigenvalue weighted by Gasteiger charge is 2.06. The van der Waals surface area contributed by atoms with Gasteiger partial charge in [-0.2, -0.15) is 5.26 Å². The Hall–Kier alpha value is -3.10. The fourth-order valence-electron chi connectivity index (χ4n) is 2.07. The minimum absolute atomic E-state index is 0.0262. The van der Waals surface area contributed by atoms with E-state index in [4.69, 9.17) is 16.8 Å². The van der Waals surface area contributed by atoms with Crippen LogP contribution in [0.3, 0.4) is 0 Å². The molecule has 2 rings (SSSR count). The third-order valence-corrected chi connectivity index (χ3v) is 3.32. The summed E-state index contributed by atoms with van der Waals surface area (Å²) in [6, 6.07) is 16.7. The van der Waals surface area contributed by atoms with Crippen molar-refractivity contribution in [3.63, 3.8) is 0 Å². The van der Waals surface area contributed by atoms with Gasteiger partial charge in [0.25, 0.3) is 0 Å². The van der Waals surface area contributed by atoms with Crippen LogP contribution in [0.1, 0.15) is 22.8 Å². The van der Waals surface area contributed by atoms with Gasteiger partial charge >= 0.3 is 0 Å². The minimum Gasteiger partial charge on any atom is -0.396 e. The molecule has 0 aliphatic rings. The number of nitrogens with one attached hydrogen (secondary N) is 1. The SMILES string of the molecule is CC(=O)c1cccc(-c2ccc(/C(N)=C(\C#N)NN)cc2)c1. The Kier molecular flexibility index (Phi) is 4.57. The lowest BCUT2D eigenvalue weighted by Crippen LogP contribution is -2.23. The van der Waals surface area contributed by atoms with Gasteiger partial charge in [-0.05, 0) is 24.1 Å². The van der Waals surface area contributed by atoms with Crippen molar-refractivity contribution in [1.29, 1.82) is 5.26 Å². The molecule has 0 aromatic heterocycles. The van der Waals surface area contributed by atoms with Crippen LogP contribution in [0.25, 0.3) is 16.8 Å². The zero-order valence-corrected chi connectivity index (χ0v) is 12.1. The lowest BCUT2D eigenvalue weighted by atomic mass is 10.00. The average Bonchev–Trinajstić information content (AvgIpc) is 2.56. The zero-order chi connectivity index (χ0) is 16.1. The molecule has 0 atom stereocenters. The summed E-state index contributed by atoms with van der Waals surface area (Å²) in [5, 5.41) is 8.91. The van der Waals surface area contributed by atoms with Crippen LogP contribution in [0.4, 0.5) is 0 Å². The van der Waals surface area contributed by atoms with Crippen LogP contribution in [0.15, 0.2) is 54.2 Å². The van der Waals surface area contributed by atoms with E-state index in [1.807, 2.05) is 36.4 Å². The topological polar surface area (TPSA) is 105 Å². The standard InChI is InChI=1S/C17H16N4O/c1-11(22)14-3-2-4-15(9-14)12-5-7-13(8-6-12)17(19)16(10-18)21-20/h2-9,21H,19-20H2,1H3/b17-16-. The van der Waals surface area contributed by atoms with Crippen LogP contribution < -0.4 is 17.0 Å². The maximum atomic E-state index is 11.4. The first-order chi connectivity index (χ1) is 10.6. The Balaban J connectivity index is 2.38. The summed E-state index contributed by atoms with van der Waals surface area (Å²) in [4.78, 5) is 11.4. The van der Waals surface area contributed by atoms with E-state index < -0.39 is 0 Å². The van der Waals surface area contributed by atoms with Gasteiger partial charge in [-0.1, -0.05) is 42.5 Å². The van der Waals surface area contributed by atoms with Crippen LogP contribution in [-0.2, 0) is 0 Å². The molecule has 110 valence electrons. The number of ketones is 1. The number of rotatable bonds is 4. The van der Waals surface area contributed by atoms with Gasteiger partial charge in [0.05, 0.1) is 5.70 Å². The number of carbonyl (C=O) groups excluding carboxylic acids is 1. The number of nitrogens with two attached hydrogens (primary N) is 2. The maximum absolute atomic E-state index is 11.4. The van der Waals surface area contributed by atoms with E-state index in [2.05, 4.69) is 5.43 Å². The Morgan fingerprint density at radius 2 is 1.77 bits per heavy atom. The van der Waals surface area contributed by atoms with Crippen LogP contribution in [-0.4, -0.2) is 5.78 Å². The highest BCUT2D eigenvalue weighted by Crippen LogP contribution is 2.23. The summed E-state index contributed by atoms with van der Waals surface area (Å²) < 4.78 is 0. The third-order valence-electron chi connectivity index (χ3n) is 3.32. The number of Topliss-reactive ketones (excluding diaryl/α,β-unsaturated/α-hetero) is 1. The molecule has 2 aromatic rings. The number of allylic oxidation sites excluding steroid dienone is 1. The maximum Gasteiger partial charge on any atom is 0.159 e.